The van der Waals surface area contributed by atoms with Crippen LogP contribution in [-0.4, -0.2) is 48.6 Å². The van der Waals surface area contributed by atoms with Crippen molar-refractivity contribution in [1.29, 1.82) is 0 Å². The van der Waals surface area contributed by atoms with Gasteiger partial charge < -0.3 is 19.3 Å². The van der Waals surface area contributed by atoms with Gasteiger partial charge in [0.05, 0.1) is 19.3 Å². The van der Waals surface area contributed by atoms with E-state index >= 15 is 0 Å². The third kappa shape index (κ3) is 6.58. The fourth-order valence-electron chi connectivity index (χ4n) is 8.09. The molecule has 2 fully saturated rings. The van der Waals surface area contributed by atoms with Crippen LogP contribution in [0.4, 0.5) is 43.9 Å². The molecule has 0 heterocycles. The van der Waals surface area contributed by atoms with Gasteiger partial charge in [-0.1, -0.05) is 25.1 Å². The molecule has 5 atom stereocenters. The molecule has 0 amide bonds. The van der Waals surface area contributed by atoms with Crippen molar-refractivity contribution < 1.29 is 63.2 Å². The average Bonchev–Trinajstić information content (AvgIpc) is 3.31. The molecule has 0 aliphatic heterocycles. The predicted octanol–water partition coefficient (Wildman–Crippen LogP) is 8.97. The topological polar surface area (TPSA) is 47.9 Å². The smallest absolute Gasteiger partial charge is 0.435 e. The zero-order valence-corrected chi connectivity index (χ0v) is 25.5. The van der Waals surface area contributed by atoms with Crippen molar-refractivity contribution >= 4 is 0 Å². The van der Waals surface area contributed by atoms with Gasteiger partial charge in [-0.2, -0.15) is 39.5 Å². The van der Waals surface area contributed by atoms with Crippen LogP contribution in [0.1, 0.15) is 73.6 Å². The van der Waals surface area contributed by atoms with Gasteiger partial charge in [0, 0.05) is 12.2 Å². The highest BCUT2D eigenvalue weighted by atomic mass is 19.4. The van der Waals surface area contributed by atoms with E-state index in [-0.39, 0.29) is 42.8 Å². The third-order valence-electron chi connectivity index (χ3n) is 10.4. The van der Waals surface area contributed by atoms with Gasteiger partial charge >= 0.3 is 24.1 Å². The van der Waals surface area contributed by atoms with Crippen LogP contribution in [0, 0.1) is 23.1 Å². The number of aryl methyl sites for hydroxylation is 1. The van der Waals surface area contributed by atoms with Gasteiger partial charge in [0.15, 0.2) is 0 Å². The molecule has 0 aromatic heterocycles. The molecular weight excluding hydrogens is 650 g/mol. The lowest BCUT2D eigenvalue weighted by Crippen LogP contribution is -2.67. The van der Waals surface area contributed by atoms with Gasteiger partial charge in [-0.15, -0.1) is 0 Å². The Labute approximate surface area is 265 Å². The molecule has 262 valence electrons. The van der Waals surface area contributed by atoms with Crippen LogP contribution < -0.4 is 4.74 Å². The summed E-state index contributed by atoms with van der Waals surface area (Å²) in [6.45, 7) is 0.0718. The molecule has 5 rings (SSSR count). The number of ether oxygens (including phenoxy) is 3. The summed E-state index contributed by atoms with van der Waals surface area (Å²) in [4.78, 5) is 0. The van der Waals surface area contributed by atoms with E-state index < -0.39 is 43.0 Å². The molecule has 3 aliphatic carbocycles. The largest absolute Gasteiger partial charge is 0.489 e. The molecule has 4 nitrogen and oxygen atoms in total. The van der Waals surface area contributed by atoms with Crippen LogP contribution in [0.5, 0.6) is 5.75 Å². The molecule has 2 aromatic carbocycles. The number of hydrogen-bond acceptors (Lipinski definition) is 4. The lowest BCUT2D eigenvalue weighted by Gasteiger charge is -2.50. The fourth-order valence-corrected chi connectivity index (χ4v) is 8.09. The Balaban J connectivity index is 1.17. The van der Waals surface area contributed by atoms with Gasteiger partial charge in [-0.05, 0) is 103 Å². The normalized spacial score (nSPS) is 26.5. The summed E-state index contributed by atoms with van der Waals surface area (Å²) in [6, 6.07) is 10.5. The highest BCUT2D eigenvalue weighted by Gasteiger charge is 2.85. The Hall–Kier alpha value is -2.58. The van der Waals surface area contributed by atoms with Gasteiger partial charge in [0.1, 0.15) is 18.2 Å². The molecule has 3 aliphatic rings. The van der Waals surface area contributed by atoms with Crippen LogP contribution >= 0.6 is 0 Å². The van der Waals surface area contributed by atoms with Gasteiger partial charge in [-0.3, -0.25) is 0 Å². The summed E-state index contributed by atoms with van der Waals surface area (Å²) in [5.74, 6) is 1.05. The van der Waals surface area contributed by atoms with Crippen LogP contribution in [0.2, 0.25) is 0 Å². The standard InChI is InChI=1S/C33H36F10O4/c1-29-12-11-24-23-8-6-22(46-18-19-3-4-21(17-44)27(34)15-19)16-20(23)5-7-25(24)26(29)9-10-28(29)45-13-2-14-47-30(31(35,36)37,32(38,39)40)33(41,42)43/h3-4,6,8,15-16,24-26,28,44H,2,5,7,9-14,17-18H2,1H3/t24-,25-,26+,28+,29+/m1/s1. The zero-order chi connectivity index (χ0) is 34.4. The molecule has 2 saturated carbocycles. The number of alkyl halides is 9. The van der Waals surface area contributed by atoms with E-state index in [1.165, 1.54) is 23.3 Å². The highest BCUT2D eigenvalue weighted by Crippen LogP contribution is 2.62. The second-order valence-electron chi connectivity index (χ2n) is 13.0. The summed E-state index contributed by atoms with van der Waals surface area (Å²) in [7, 11) is 0. The van der Waals surface area contributed by atoms with E-state index in [1.54, 1.807) is 6.07 Å². The zero-order valence-electron chi connectivity index (χ0n) is 25.5. The van der Waals surface area contributed by atoms with Crippen molar-refractivity contribution in [2.45, 2.75) is 101 Å². The fraction of sp³-hybridized carbons (Fsp3) is 0.636. The Bertz CT molecular complexity index is 1370. The number of aliphatic hydroxyl groups is 1. The van der Waals surface area contributed by atoms with E-state index in [2.05, 4.69) is 17.7 Å². The molecule has 0 unspecified atom stereocenters. The molecule has 0 spiro atoms. The first-order chi connectivity index (χ1) is 21.9. The molecule has 2 aromatic rings. The summed E-state index contributed by atoms with van der Waals surface area (Å²) < 4.78 is 148. The number of rotatable bonds is 10. The quantitative estimate of drug-likeness (QED) is 0.200. The second kappa shape index (κ2) is 13.0. The van der Waals surface area contributed by atoms with Crippen molar-refractivity contribution in [3.8, 4) is 5.75 Å². The maximum Gasteiger partial charge on any atom is 0.435 e. The maximum atomic E-state index is 14.0. The minimum Gasteiger partial charge on any atom is -0.489 e. The SMILES string of the molecule is C[C@]12CC[C@@H]3c4ccc(OCc5ccc(CO)c(F)c5)cc4CC[C@H]3[C@@H]1CC[C@@H]2OCCCOC(C(F)(F)F)(C(F)(F)F)C(F)(F)F. The van der Waals surface area contributed by atoms with Crippen LogP contribution in [0.3, 0.4) is 0 Å². The van der Waals surface area contributed by atoms with E-state index in [1.807, 2.05) is 12.1 Å². The van der Waals surface area contributed by atoms with Crippen molar-refractivity contribution in [1.82, 2.24) is 0 Å². The minimum atomic E-state index is -6.75. The summed E-state index contributed by atoms with van der Waals surface area (Å²) in [5.41, 5.74) is -3.32. The van der Waals surface area contributed by atoms with Crippen LogP contribution in [0.15, 0.2) is 36.4 Å². The molecular formula is C33H36F10O4. The molecule has 0 radical (unpaired) electrons. The lowest BCUT2D eigenvalue weighted by molar-refractivity contribution is -0.457. The Morgan fingerprint density at radius 3 is 2.19 bits per heavy atom. The summed E-state index contributed by atoms with van der Waals surface area (Å²) in [6.07, 6.45) is -16.4. The number of benzene rings is 2. The number of aliphatic hydroxyl groups excluding tert-OH is 1. The Morgan fingerprint density at radius 2 is 1.55 bits per heavy atom. The molecule has 0 bridgehead atoms. The maximum absolute atomic E-state index is 14.0. The van der Waals surface area contributed by atoms with Crippen molar-refractivity contribution in [2.24, 2.45) is 17.3 Å². The molecule has 0 saturated heterocycles. The average molecular weight is 687 g/mol. The second-order valence-corrected chi connectivity index (χ2v) is 13.0. The first-order valence-corrected chi connectivity index (χ1v) is 15.5. The van der Waals surface area contributed by atoms with E-state index in [0.717, 1.165) is 32.1 Å². The van der Waals surface area contributed by atoms with Crippen LogP contribution in [0.25, 0.3) is 0 Å². The van der Waals surface area contributed by atoms with E-state index in [0.29, 0.717) is 29.6 Å². The Morgan fingerprint density at radius 1 is 0.851 bits per heavy atom. The molecule has 1 N–H and O–H groups in total. The monoisotopic (exact) mass is 686 g/mol. The van der Waals surface area contributed by atoms with Crippen molar-refractivity contribution in [2.75, 3.05) is 13.2 Å². The first kappa shape index (κ1) is 35.7. The van der Waals surface area contributed by atoms with E-state index in [9.17, 15) is 43.9 Å². The number of hydrogen-bond donors (Lipinski definition) is 1. The van der Waals surface area contributed by atoms with Crippen molar-refractivity contribution in [3.05, 3.63) is 64.5 Å². The lowest BCUT2D eigenvalue weighted by atomic mass is 9.55. The number of fused-ring (bicyclic) bond motifs is 5. The molecule has 14 heteroatoms. The third-order valence-corrected chi connectivity index (χ3v) is 10.4. The highest BCUT2D eigenvalue weighted by molar-refractivity contribution is 5.41. The minimum absolute atomic E-state index is 0.162. The predicted molar refractivity (Wildman–Crippen MR) is 149 cm³/mol. The van der Waals surface area contributed by atoms with Gasteiger partial charge in [0.25, 0.3) is 0 Å². The summed E-state index contributed by atoms with van der Waals surface area (Å²) in [5, 5.41) is 9.16. The molecule has 47 heavy (non-hydrogen) atoms. The van der Waals surface area contributed by atoms with Crippen LogP contribution in [-0.2, 0) is 29.1 Å². The van der Waals surface area contributed by atoms with Crippen molar-refractivity contribution in [3.63, 3.8) is 0 Å². The first-order valence-electron chi connectivity index (χ1n) is 15.5. The summed E-state index contributed by atoms with van der Waals surface area (Å²) >= 11 is 0. The van der Waals surface area contributed by atoms with Gasteiger partial charge in [0.2, 0.25) is 0 Å². The number of halogens is 10. The van der Waals surface area contributed by atoms with E-state index in [4.69, 9.17) is 14.6 Å². The van der Waals surface area contributed by atoms with Gasteiger partial charge in [-0.25, -0.2) is 4.39 Å². The Kier molecular flexibility index (Phi) is 9.91.